The number of ether oxygens (including phenoxy) is 1. The van der Waals surface area contributed by atoms with Crippen molar-refractivity contribution in [2.75, 3.05) is 7.11 Å². The lowest BCUT2D eigenvalue weighted by Gasteiger charge is -2.03. The summed E-state index contributed by atoms with van der Waals surface area (Å²) in [5.41, 5.74) is 3.77. The topological polar surface area (TPSA) is 84.1 Å². The van der Waals surface area contributed by atoms with Crippen molar-refractivity contribution in [2.24, 2.45) is 0 Å². The average Bonchev–Trinajstić information content (AvgIpc) is 3.19. The van der Waals surface area contributed by atoms with Crippen LogP contribution >= 0.6 is 22.9 Å². The summed E-state index contributed by atoms with van der Waals surface area (Å²) in [6, 6.07) is 7.50. The molecular weight excluding hydrogens is 398 g/mol. The number of halogens is 1. The summed E-state index contributed by atoms with van der Waals surface area (Å²) in [5, 5.41) is 4.33. The highest BCUT2D eigenvalue weighted by molar-refractivity contribution is 7.12. The van der Waals surface area contributed by atoms with E-state index in [0.29, 0.717) is 34.1 Å². The van der Waals surface area contributed by atoms with Gasteiger partial charge in [0.25, 0.3) is 5.91 Å². The lowest BCUT2D eigenvalue weighted by atomic mass is 10.1. The summed E-state index contributed by atoms with van der Waals surface area (Å²) < 4.78 is 4.78. The van der Waals surface area contributed by atoms with Crippen molar-refractivity contribution in [3.05, 3.63) is 61.7 Å². The van der Waals surface area contributed by atoms with E-state index < -0.39 is 5.97 Å². The van der Waals surface area contributed by atoms with Gasteiger partial charge in [0, 0.05) is 21.2 Å². The average molecular weight is 418 g/mol. The molecule has 0 fully saturated rings. The third kappa shape index (κ3) is 3.95. The smallest absolute Gasteiger partial charge is 0.339 e. The van der Waals surface area contributed by atoms with Gasteiger partial charge in [-0.25, -0.2) is 9.78 Å². The molecule has 146 valence electrons. The molecule has 2 heterocycles. The number of carbonyl (C=O) groups is 2. The van der Waals surface area contributed by atoms with Gasteiger partial charge in [0.1, 0.15) is 10.7 Å². The maximum absolute atomic E-state index is 12.6. The number of nitrogens with one attached hydrogen (secondary N) is 2. The molecule has 28 heavy (non-hydrogen) atoms. The number of amides is 1. The molecule has 8 heteroatoms. The molecule has 0 radical (unpaired) electrons. The number of hydrogen-bond donors (Lipinski definition) is 2. The summed E-state index contributed by atoms with van der Waals surface area (Å²) in [4.78, 5) is 33.1. The molecule has 0 aliphatic rings. The Hall–Kier alpha value is -2.64. The van der Waals surface area contributed by atoms with E-state index in [-0.39, 0.29) is 5.91 Å². The Balaban J connectivity index is 1.75. The minimum absolute atomic E-state index is 0.295. The fourth-order valence-corrected chi connectivity index (χ4v) is 4.05. The highest BCUT2D eigenvalue weighted by Crippen LogP contribution is 2.28. The van der Waals surface area contributed by atoms with Crippen molar-refractivity contribution in [3.8, 4) is 11.3 Å². The van der Waals surface area contributed by atoms with Gasteiger partial charge in [-0.1, -0.05) is 23.7 Å². The van der Waals surface area contributed by atoms with Gasteiger partial charge < -0.3 is 15.0 Å². The van der Waals surface area contributed by atoms with E-state index in [9.17, 15) is 9.59 Å². The van der Waals surface area contributed by atoms with E-state index in [4.69, 9.17) is 16.3 Å². The normalized spacial score (nSPS) is 10.8. The Morgan fingerprint density at radius 2 is 1.89 bits per heavy atom. The zero-order chi connectivity index (χ0) is 20.4. The number of H-pyrrole nitrogens is 1. The predicted molar refractivity (Wildman–Crippen MR) is 110 cm³/mol. The van der Waals surface area contributed by atoms with Crippen molar-refractivity contribution in [3.63, 3.8) is 0 Å². The molecule has 0 saturated carbocycles. The number of esters is 1. The highest BCUT2D eigenvalue weighted by atomic mass is 35.5. The van der Waals surface area contributed by atoms with Crippen LogP contribution < -0.4 is 5.32 Å². The van der Waals surface area contributed by atoms with Gasteiger partial charge in [-0.3, -0.25) is 4.79 Å². The first-order chi connectivity index (χ1) is 13.3. The zero-order valence-corrected chi connectivity index (χ0v) is 17.5. The number of aromatic nitrogens is 2. The maximum atomic E-state index is 12.6. The molecule has 3 aromatic rings. The largest absolute Gasteiger partial charge is 0.465 e. The van der Waals surface area contributed by atoms with Crippen LogP contribution in [0, 0.1) is 20.8 Å². The molecule has 0 aliphatic heterocycles. The fourth-order valence-electron chi connectivity index (χ4n) is 3.03. The summed E-state index contributed by atoms with van der Waals surface area (Å²) in [6.07, 6.45) is 0. The van der Waals surface area contributed by atoms with Gasteiger partial charge >= 0.3 is 5.97 Å². The van der Waals surface area contributed by atoms with Gasteiger partial charge in [-0.15, -0.1) is 11.3 Å². The Bertz CT molecular complexity index is 1040. The molecule has 0 atom stereocenters. The van der Waals surface area contributed by atoms with E-state index in [0.717, 1.165) is 21.1 Å². The number of hydrogen-bond acceptors (Lipinski definition) is 5. The summed E-state index contributed by atoms with van der Waals surface area (Å²) in [5.74, 6) is -0.759. The Labute approximate surface area is 171 Å². The van der Waals surface area contributed by atoms with Crippen LogP contribution in [0.25, 0.3) is 11.3 Å². The molecule has 1 aromatic carbocycles. The minimum atomic E-state index is -0.464. The molecule has 0 saturated heterocycles. The van der Waals surface area contributed by atoms with Crippen LogP contribution in [-0.2, 0) is 11.3 Å². The van der Waals surface area contributed by atoms with Crippen molar-refractivity contribution in [1.29, 1.82) is 0 Å². The maximum Gasteiger partial charge on any atom is 0.339 e. The second kappa shape index (κ2) is 8.16. The molecule has 0 unspecified atom stereocenters. The Morgan fingerprint density at radius 3 is 2.54 bits per heavy atom. The number of benzene rings is 1. The monoisotopic (exact) mass is 417 g/mol. The SMILES string of the molecule is COC(=O)c1c(C)[nH]c(C(=O)NCc2nc(-c3ccc(Cl)cc3)c(C)s2)c1C. The first-order valence-corrected chi connectivity index (χ1v) is 9.79. The van der Waals surface area contributed by atoms with Gasteiger partial charge in [-0.05, 0) is 38.5 Å². The standard InChI is InChI=1S/C20H20ClN3O3S/c1-10-16(20(26)27-4)11(2)23-17(10)19(25)22-9-15-24-18(12(3)28-15)13-5-7-14(21)8-6-13/h5-8,23H,9H2,1-4H3,(H,22,25). The number of nitrogens with zero attached hydrogens (tertiary/aromatic N) is 1. The van der Waals surface area contributed by atoms with Crippen LogP contribution in [0.2, 0.25) is 5.02 Å². The number of carbonyl (C=O) groups excluding carboxylic acids is 2. The van der Waals surface area contributed by atoms with Crippen LogP contribution in [-0.4, -0.2) is 29.0 Å². The summed E-state index contributed by atoms with van der Waals surface area (Å²) in [7, 11) is 1.32. The lowest BCUT2D eigenvalue weighted by Crippen LogP contribution is -2.24. The second-order valence-electron chi connectivity index (χ2n) is 6.32. The molecule has 3 rings (SSSR count). The van der Waals surface area contributed by atoms with Crippen molar-refractivity contribution < 1.29 is 14.3 Å². The van der Waals surface area contributed by atoms with Crippen molar-refractivity contribution >= 4 is 34.8 Å². The van der Waals surface area contributed by atoms with Crippen molar-refractivity contribution in [1.82, 2.24) is 15.3 Å². The third-order valence-electron chi connectivity index (χ3n) is 4.41. The summed E-state index contributed by atoms with van der Waals surface area (Å²) in [6.45, 7) is 5.74. The molecule has 2 N–H and O–H groups in total. The minimum Gasteiger partial charge on any atom is -0.465 e. The van der Waals surface area contributed by atoms with Crippen molar-refractivity contribution in [2.45, 2.75) is 27.3 Å². The van der Waals surface area contributed by atoms with Gasteiger partial charge in [0.15, 0.2) is 0 Å². The predicted octanol–water partition coefficient (Wildman–Crippen LogP) is 4.43. The first-order valence-electron chi connectivity index (χ1n) is 8.59. The molecule has 0 spiro atoms. The quantitative estimate of drug-likeness (QED) is 0.601. The highest BCUT2D eigenvalue weighted by Gasteiger charge is 2.22. The fraction of sp³-hybridized carbons (Fsp3) is 0.250. The van der Waals surface area contributed by atoms with E-state index >= 15 is 0 Å². The molecule has 0 aliphatic carbocycles. The van der Waals surface area contributed by atoms with Crippen LogP contribution in [0.4, 0.5) is 0 Å². The zero-order valence-electron chi connectivity index (χ0n) is 16.0. The van der Waals surface area contributed by atoms with E-state index in [1.165, 1.54) is 18.4 Å². The van der Waals surface area contributed by atoms with E-state index in [2.05, 4.69) is 15.3 Å². The van der Waals surface area contributed by atoms with Gasteiger partial charge in [-0.2, -0.15) is 0 Å². The number of aryl methyl sites for hydroxylation is 2. The Morgan fingerprint density at radius 1 is 1.21 bits per heavy atom. The van der Waals surface area contributed by atoms with E-state index in [1.807, 2.05) is 31.2 Å². The summed E-state index contributed by atoms with van der Waals surface area (Å²) >= 11 is 7.47. The van der Waals surface area contributed by atoms with Gasteiger partial charge in [0.2, 0.25) is 0 Å². The molecule has 1 amide bonds. The van der Waals surface area contributed by atoms with Crippen LogP contribution in [0.3, 0.4) is 0 Å². The third-order valence-corrected chi connectivity index (χ3v) is 5.64. The van der Waals surface area contributed by atoms with Crippen LogP contribution in [0.1, 0.15) is 42.0 Å². The second-order valence-corrected chi connectivity index (χ2v) is 8.04. The number of aromatic amines is 1. The molecule has 6 nitrogen and oxygen atoms in total. The molecular formula is C20H20ClN3O3S. The number of rotatable bonds is 5. The molecule has 0 bridgehead atoms. The van der Waals surface area contributed by atoms with Gasteiger partial charge in [0.05, 0.1) is 24.9 Å². The number of methoxy groups -OCH3 is 1. The first kappa shape index (κ1) is 20.1. The Kier molecular flexibility index (Phi) is 5.86. The van der Waals surface area contributed by atoms with Crippen LogP contribution in [0.15, 0.2) is 24.3 Å². The lowest BCUT2D eigenvalue weighted by molar-refractivity contribution is 0.0599. The molecule has 2 aromatic heterocycles. The van der Waals surface area contributed by atoms with E-state index in [1.54, 1.807) is 13.8 Å². The number of thiazole rings is 1. The van der Waals surface area contributed by atoms with Crippen LogP contribution in [0.5, 0.6) is 0 Å².